The zero-order chi connectivity index (χ0) is 40.9. The molecule has 59 heavy (non-hydrogen) atoms. The first-order valence-electron chi connectivity index (χ1n) is 21.6. The Morgan fingerprint density at radius 3 is 1.51 bits per heavy atom. The van der Waals surface area contributed by atoms with Gasteiger partial charge in [0, 0.05) is 26.7 Å². The summed E-state index contributed by atoms with van der Waals surface area (Å²) in [4.78, 5) is 0. The van der Waals surface area contributed by atoms with E-state index in [4.69, 9.17) is 0 Å². The highest BCUT2D eigenvalue weighted by Crippen LogP contribution is 2.54. The second kappa shape index (κ2) is 15.4. The van der Waals surface area contributed by atoms with E-state index in [2.05, 4.69) is 161 Å². The van der Waals surface area contributed by atoms with Crippen LogP contribution < -0.4 is 21.1 Å². The molecule has 8 aromatic rings. The molecule has 0 saturated heterocycles. The minimum absolute atomic E-state index is 0.640. The molecule has 0 saturated carbocycles. The number of para-hydroxylation sites is 3. The monoisotopic (exact) mass is 805 g/mol. The predicted molar refractivity (Wildman–Crippen MR) is 256 cm³/mol. The van der Waals surface area contributed by atoms with Crippen LogP contribution in [0.25, 0.3) is 27.5 Å². The molecular weight excluding hydrogens is 750 g/mol. The molecule has 296 valence electrons. The van der Waals surface area contributed by atoms with E-state index >= 15 is 4.57 Å². The van der Waals surface area contributed by atoms with Crippen molar-refractivity contribution in [1.29, 1.82) is 0 Å². The lowest BCUT2D eigenvalue weighted by molar-refractivity contribution is 0.592. The topological polar surface area (TPSA) is 22.0 Å². The standard InChI is InChI=1S/C55H56NOPSi/c1-39(2)36-59(37-40(3)4,38-41(5)6)47-34-30-43(31-35-47)55(42-28-32-46(33-29-42)58(57,44-18-9-7-10-19-44)45-20-11-8-12-21-45)50-24-14-16-27-53(50)56-52-26-15-13-22-48(52)49-23-17-25-51(55)54(49)56/h7-35,39-41H,36-38H2,1-6H3. The molecule has 7 aromatic carbocycles. The van der Waals surface area contributed by atoms with Crippen LogP contribution in [0, 0.1) is 17.8 Å². The smallest absolute Gasteiger partial charge is 0.171 e. The van der Waals surface area contributed by atoms with Crippen LogP contribution in [-0.4, -0.2) is 12.6 Å². The Morgan fingerprint density at radius 2 is 0.932 bits per heavy atom. The molecule has 4 heteroatoms. The molecule has 1 atom stereocenters. The molecule has 1 aliphatic heterocycles. The molecule has 2 nitrogen and oxygen atoms in total. The highest BCUT2D eigenvalue weighted by Gasteiger charge is 2.46. The molecule has 1 unspecified atom stereocenters. The van der Waals surface area contributed by atoms with Crippen molar-refractivity contribution in [2.24, 2.45) is 17.8 Å². The normalized spacial score (nSPS) is 15.4. The summed E-state index contributed by atoms with van der Waals surface area (Å²) in [6.45, 7) is 14.5. The molecule has 0 bridgehead atoms. The molecule has 1 aliphatic rings. The van der Waals surface area contributed by atoms with Crippen LogP contribution in [0.1, 0.15) is 63.8 Å². The fourth-order valence-electron chi connectivity index (χ4n) is 11.2. The van der Waals surface area contributed by atoms with Crippen molar-refractivity contribution in [3.63, 3.8) is 0 Å². The van der Waals surface area contributed by atoms with Crippen LogP contribution in [-0.2, 0) is 9.98 Å². The van der Waals surface area contributed by atoms with Gasteiger partial charge in [-0.15, -0.1) is 0 Å². The molecule has 0 aliphatic carbocycles. The average Bonchev–Trinajstić information content (AvgIpc) is 3.59. The Morgan fingerprint density at radius 1 is 0.475 bits per heavy atom. The maximum Gasteiger partial charge on any atom is 0.171 e. The first kappa shape index (κ1) is 39.3. The van der Waals surface area contributed by atoms with Gasteiger partial charge in [0.1, 0.15) is 0 Å². The van der Waals surface area contributed by atoms with E-state index in [9.17, 15) is 0 Å². The van der Waals surface area contributed by atoms with Gasteiger partial charge in [0.05, 0.1) is 30.2 Å². The Bertz CT molecular complexity index is 2730. The largest absolute Gasteiger partial charge is 0.309 e. The van der Waals surface area contributed by atoms with Gasteiger partial charge >= 0.3 is 0 Å². The first-order valence-corrected chi connectivity index (χ1v) is 26.0. The van der Waals surface area contributed by atoms with E-state index in [0.29, 0.717) is 17.8 Å². The van der Waals surface area contributed by atoms with Crippen molar-refractivity contribution in [3.8, 4) is 5.69 Å². The maximum absolute atomic E-state index is 15.6. The van der Waals surface area contributed by atoms with Crippen LogP contribution in [0.2, 0.25) is 18.1 Å². The van der Waals surface area contributed by atoms with Crippen molar-refractivity contribution < 1.29 is 4.57 Å². The Kier molecular flexibility index (Phi) is 10.3. The lowest BCUT2D eigenvalue weighted by Gasteiger charge is -2.42. The van der Waals surface area contributed by atoms with Crippen molar-refractivity contribution in [3.05, 3.63) is 198 Å². The molecule has 0 N–H and O–H groups in total. The number of rotatable bonds is 12. The van der Waals surface area contributed by atoms with Crippen LogP contribution in [0.15, 0.2) is 176 Å². The van der Waals surface area contributed by atoms with Gasteiger partial charge in [0.2, 0.25) is 0 Å². The van der Waals surface area contributed by atoms with Gasteiger partial charge in [-0.1, -0.05) is 229 Å². The molecular formula is C55H56NOPSi. The lowest BCUT2D eigenvalue weighted by atomic mass is 9.63. The van der Waals surface area contributed by atoms with E-state index in [1.165, 1.54) is 67.9 Å². The predicted octanol–water partition coefficient (Wildman–Crippen LogP) is 12.7. The molecule has 2 heterocycles. The number of hydrogen-bond acceptors (Lipinski definition) is 1. The van der Waals surface area contributed by atoms with Gasteiger partial charge in [-0.25, -0.2) is 0 Å². The van der Waals surface area contributed by atoms with E-state index in [1.807, 2.05) is 60.7 Å². The van der Waals surface area contributed by atoms with Gasteiger partial charge in [-0.2, -0.15) is 0 Å². The molecule has 0 fully saturated rings. The second-order valence-corrected chi connectivity index (χ2v) is 25.4. The second-order valence-electron chi connectivity index (χ2n) is 18.3. The zero-order valence-corrected chi connectivity index (χ0v) is 37.3. The minimum Gasteiger partial charge on any atom is -0.309 e. The fourth-order valence-corrected chi connectivity index (χ4v) is 20.6. The van der Waals surface area contributed by atoms with E-state index in [0.717, 1.165) is 15.9 Å². The molecule has 0 radical (unpaired) electrons. The van der Waals surface area contributed by atoms with Gasteiger partial charge < -0.3 is 9.13 Å². The number of benzene rings is 7. The summed E-state index contributed by atoms with van der Waals surface area (Å²) in [5.41, 5.74) is 8.01. The number of hydrogen-bond donors (Lipinski definition) is 0. The molecule has 0 amide bonds. The molecule has 0 spiro atoms. The fraction of sp³-hybridized carbons (Fsp3) is 0.236. The van der Waals surface area contributed by atoms with Crippen molar-refractivity contribution in [1.82, 2.24) is 4.57 Å². The van der Waals surface area contributed by atoms with Crippen LogP contribution in [0.3, 0.4) is 0 Å². The Hall–Kier alpha value is -5.21. The Labute approximate surface area is 352 Å². The summed E-state index contributed by atoms with van der Waals surface area (Å²) in [7, 11) is -5.04. The zero-order valence-electron chi connectivity index (χ0n) is 35.4. The van der Waals surface area contributed by atoms with Gasteiger partial charge in [0.15, 0.2) is 7.14 Å². The van der Waals surface area contributed by atoms with Crippen LogP contribution in [0.5, 0.6) is 0 Å². The van der Waals surface area contributed by atoms with Crippen molar-refractivity contribution >= 4 is 58.1 Å². The summed E-state index contributed by atoms with van der Waals surface area (Å²) >= 11 is 0. The quantitative estimate of drug-likeness (QED) is 0.0890. The van der Waals surface area contributed by atoms with Gasteiger partial charge in [0.25, 0.3) is 0 Å². The minimum atomic E-state index is -3.17. The highest BCUT2D eigenvalue weighted by atomic mass is 31.2. The van der Waals surface area contributed by atoms with Crippen LogP contribution in [0.4, 0.5) is 0 Å². The van der Waals surface area contributed by atoms with Crippen molar-refractivity contribution in [2.75, 3.05) is 0 Å². The summed E-state index contributed by atoms with van der Waals surface area (Å²) in [5, 5.41) is 6.65. The van der Waals surface area contributed by atoms with E-state index < -0.39 is 20.6 Å². The SMILES string of the molecule is CC(C)C[Si](CC(C)C)(CC(C)C)c1ccc(C2(c3ccc(P(=O)(c4ccccc4)c4ccccc4)cc3)c3ccccc3-n3c4ccccc4c4cccc2c43)cc1. The van der Waals surface area contributed by atoms with E-state index in [1.54, 1.807) is 5.19 Å². The number of fused-ring (bicyclic) bond motifs is 5. The average molecular weight is 806 g/mol. The number of nitrogens with zero attached hydrogens (tertiary/aromatic N) is 1. The summed E-state index contributed by atoms with van der Waals surface area (Å²) in [6, 6.07) is 67.7. The van der Waals surface area contributed by atoms with Gasteiger partial charge in [-0.3, -0.25) is 0 Å². The van der Waals surface area contributed by atoms with Crippen LogP contribution >= 0.6 is 7.14 Å². The molecule has 9 rings (SSSR count). The van der Waals surface area contributed by atoms with Gasteiger partial charge in [-0.05, 0) is 52.1 Å². The summed E-state index contributed by atoms with van der Waals surface area (Å²) < 4.78 is 18.1. The first-order chi connectivity index (χ1) is 28.6. The maximum atomic E-state index is 15.6. The van der Waals surface area contributed by atoms with Crippen molar-refractivity contribution in [2.45, 2.75) is 65.1 Å². The summed E-state index contributed by atoms with van der Waals surface area (Å²) in [6.07, 6.45) is 0. The molecule has 1 aromatic heterocycles. The third-order valence-corrected chi connectivity index (χ3v) is 22.3. The Balaban J connectivity index is 1.33. The highest BCUT2D eigenvalue weighted by molar-refractivity contribution is 7.85. The summed E-state index contributed by atoms with van der Waals surface area (Å²) in [5.74, 6) is 1.95. The number of aromatic nitrogens is 1. The third kappa shape index (κ3) is 6.41. The lowest BCUT2D eigenvalue weighted by Crippen LogP contribution is -2.50. The third-order valence-electron chi connectivity index (χ3n) is 12.9. The van der Waals surface area contributed by atoms with E-state index in [-0.39, 0.29) is 0 Å².